The lowest BCUT2D eigenvalue weighted by atomic mass is 9.97. The number of halogens is 4. The second-order valence-corrected chi connectivity index (χ2v) is 8.68. The molecule has 7 nitrogen and oxygen atoms in total. The van der Waals surface area contributed by atoms with E-state index in [-0.39, 0.29) is 29.5 Å². The van der Waals surface area contributed by atoms with E-state index < -0.39 is 29.7 Å². The highest BCUT2D eigenvalue weighted by Gasteiger charge is 2.31. The number of hydrogen-bond acceptors (Lipinski definition) is 5. The Bertz CT molecular complexity index is 1090. The molecule has 0 saturated heterocycles. The summed E-state index contributed by atoms with van der Waals surface area (Å²) in [7, 11) is 0. The van der Waals surface area contributed by atoms with Crippen LogP contribution < -0.4 is 15.2 Å². The molecule has 0 amide bonds. The van der Waals surface area contributed by atoms with Crippen LogP contribution in [0.4, 0.5) is 13.2 Å². The molecule has 1 N–H and O–H groups in total. The van der Waals surface area contributed by atoms with Gasteiger partial charge in [-0.15, -0.1) is 0 Å². The minimum Gasteiger partial charge on any atom is -0.490 e. The van der Waals surface area contributed by atoms with Crippen LogP contribution in [-0.2, 0) is 11.3 Å². The summed E-state index contributed by atoms with van der Waals surface area (Å²) in [6.45, 7) is 4.40. The number of rotatable bonds is 6. The van der Waals surface area contributed by atoms with Crippen LogP contribution in [0.2, 0.25) is 5.02 Å². The Balaban J connectivity index is 1.95. The second kappa shape index (κ2) is 8.67. The highest BCUT2D eigenvalue weighted by molar-refractivity contribution is 6.32. The van der Waals surface area contributed by atoms with Crippen molar-refractivity contribution < 1.29 is 32.5 Å². The predicted molar refractivity (Wildman–Crippen MR) is 112 cm³/mol. The Morgan fingerprint density at radius 3 is 2.47 bits per heavy atom. The number of benzene rings is 1. The Morgan fingerprint density at radius 2 is 1.88 bits per heavy atom. The molecular weight excluding hydrogens is 453 g/mol. The van der Waals surface area contributed by atoms with Crippen LogP contribution in [0.25, 0.3) is 11.3 Å². The molecular formula is C21H22ClF3N2O5. The minimum atomic E-state index is -4.41. The van der Waals surface area contributed by atoms with E-state index in [1.165, 1.54) is 12.3 Å². The number of carbonyl (C=O) groups is 1. The highest BCUT2D eigenvalue weighted by Crippen LogP contribution is 2.38. The fourth-order valence-corrected chi connectivity index (χ4v) is 3.57. The molecule has 1 aliphatic rings. The van der Waals surface area contributed by atoms with E-state index in [1.54, 1.807) is 16.8 Å². The molecule has 32 heavy (non-hydrogen) atoms. The van der Waals surface area contributed by atoms with Crippen LogP contribution >= 0.6 is 11.6 Å². The van der Waals surface area contributed by atoms with Gasteiger partial charge < -0.3 is 19.6 Å². The van der Waals surface area contributed by atoms with Crippen molar-refractivity contribution in [1.82, 2.24) is 4.68 Å². The van der Waals surface area contributed by atoms with Crippen LogP contribution in [0.15, 0.2) is 29.2 Å². The molecule has 174 valence electrons. The first-order chi connectivity index (χ1) is 14.8. The van der Waals surface area contributed by atoms with Gasteiger partial charge in [-0.1, -0.05) is 11.6 Å². The van der Waals surface area contributed by atoms with Gasteiger partial charge in [-0.2, -0.15) is 13.2 Å². The standard InChI is InChI=1S/C21H22ClF3N2O5/c1-20(2,3)27-9-12-6-18(32-5-4-31-11-21(23,24)25)15(22)7-13(12)16-8-17(28)14(19(29)30)10-26(16)27/h6-8,10H,4-5,9,11H2,1-3H3,(H,29,30). The minimum absolute atomic E-state index is 0.129. The number of nitrogens with zero attached hydrogens (tertiary/aromatic N) is 2. The molecule has 0 atom stereocenters. The van der Waals surface area contributed by atoms with Gasteiger partial charge in [0.2, 0.25) is 0 Å². The molecule has 0 spiro atoms. The van der Waals surface area contributed by atoms with Gasteiger partial charge in [0.05, 0.1) is 23.9 Å². The van der Waals surface area contributed by atoms with E-state index in [4.69, 9.17) is 16.3 Å². The van der Waals surface area contributed by atoms with Crippen LogP contribution in [0.5, 0.6) is 5.75 Å². The number of carboxylic acids is 1. The largest absolute Gasteiger partial charge is 0.490 e. The average Bonchev–Trinajstić information content (AvgIpc) is 2.65. The third-order valence-electron chi connectivity index (χ3n) is 4.80. The average molecular weight is 475 g/mol. The number of alkyl halides is 3. The summed E-state index contributed by atoms with van der Waals surface area (Å²) in [4.78, 5) is 23.8. The Morgan fingerprint density at radius 1 is 1.19 bits per heavy atom. The lowest BCUT2D eigenvalue weighted by Gasteiger charge is -2.43. The fourth-order valence-electron chi connectivity index (χ4n) is 3.36. The number of ether oxygens (including phenoxy) is 2. The van der Waals surface area contributed by atoms with Crippen molar-refractivity contribution in [3.8, 4) is 17.0 Å². The van der Waals surface area contributed by atoms with Crippen LogP contribution in [0, 0.1) is 0 Å². The summed E-state index contributed by atoms with van der Waals surface area (Å²) in [6.07, 6.45) is -3.11. The van der Waals surface area contributed by atoms with Crippen LogP contribution in [0.3, 0.4) is 0 Å². The number of fused-ring (bicyclic) bond motifs is 3. The third kappa shape index (κ3) is 5.18. The second-order valence-electron chi connectivity index (χ2n) is 8.27. The molecule has 3 rings (SSSR count). The molecule has 0 unspecified atom stereocenters. The van der Waals surface area contributed by atoms with E-state index in [0.717, 1.165) is 5.56 Å². The highest BCUT2D eigenvalue weighted by atomic mass is 35.5. The van der Waals surface area contributed by atoms with Gasteiger partial charge >= 0.3 is 12.1 Å². The van der Waals surface area contributed by atoms with Crippen molar-refractivity contribution in [1.29, 1.82) is 0 Å². The number of carboxylic acid groups (broad SMARTS) is 1. The van der Waals surface area contributed by atoms with Gasteiger partial charge in [0.25, 0.3) is 0 Å². The molecule has 1 aliphatic heterocycles. The zero-order chi connectivity index (χ0) is 23.8. The van der Waals surface area contributed by atoms with Gasteiger partial charge in [-0.25, -0.2) is 4.79 Å². The zero-order valence-corrected chi connectivity index (χ0v) is 18.4. The van der Waals surface area contributed by atoms with Gasteiger partial charge in [0.15, 0.2) is 5.43 Å². The molecule has 0 bridgehead atoms. The van der Waals surface area contributed by atoms with E-state index in [9.17, 15) is 27.9 Å². The number of aromatic nitrogens is 1. The van der Waals surface area contributed by atoms with E-state index in [1.807, 2.05) is 25.8 Å². The molecule has 0 aliphatic carbocycles. The summed E-state index contributed by atoms with van der Waals surface area (Å²) < 4.78 is 48.2. The molecule has 0 fully saturated rings. The number of pyridine rings is 1. The summed E-state index contributed by atoms with van der Waals surface area (Å²) in [5.41, 5.74) is 0.435. The first-order valence-electron chi connectivity index (χ1n) is 9.66. The number of hydrogen-bond donors (Lipinski definition) is 1. The first-order valence-corrected chi connectivity index (χ1v) is 10.0. The molecule has 0 saturated carbocycles. The van der Waals surface area contributed by atoms with Crippen molar-refractivity contribution >= 4 is 17.6 Å². The number of aromatic carboxylic acids is 1. The summed E-state index contributed by atoms with van der Waals surface area (Å²) in [6, 6.07) is 4.51. The van der Waals surface area contributed by atoms with E-state index >= 15 is 0 Å². The monoisotopic (exact) mass is 474 g/mol. The van der Waals surface area contributed by atoms with E-state index in [0.29, 0.717) is 17.8 Å². The normalized spacial score (nSPS) is 13.5. The smallest absolute Gasteiger partial charge is 0.411 e. The van der Waals surface area contributed by atoms with Crippen molar-refractivity contribution in [3.63, 3.8) is 0 Å². The third-order valence-corrected chi connectivity index (χ3v) is 5.10. The SMILES string of the molecule is CC(C)(C)N1Cc2cc(OCCOCC(F)(F)F)c(Cl)cc2-c2cc(=O)c(C(=O)O)cn21. The summed E-state index contributed by atoms with van der Waals surface area (Å²) in [5.74, 6) is -1.05. The zero-order valence-electron chi connectivity index (χ0n) is 17.6. The molecule has 11 heteroatoms. The Hall–Kier alpha value is -2.72. The topological polar surface area (TPSA) is 81.0 Å². The maximum Gasteiger partial charge on any atom is 0.411 e. The molecule has 2 aromatic rings. The van der Waals surface area contributed by atoms with Crippen molar-refractivity contribution in [2.75, 3.05) is 24.8 Å². The summed E-state index contributed by atoms with van der Waals surface area (Å²) >= 11 is 6.32. The van der Waals surface area contributed by atoms with Gasteiger partial charge in [0.1, 0.15) is 24.5 Å². The van der Waals surface area contributed by atoms with E-state index in [2.05, 4.69) is 4.74 Å². The van der Waals surface area contributed by atoms with Crippen LogP contribution in [-0.4, -0.2) is 47.3 Å². The van der Waals surface area contributed by atoms with Crippen molar-refractivity contribution in [2.45, 2.75) is 39.0 Å². The quantitative estimate of drug-likeness (QED) is 0.636. The molecule has 1 aromatic heterocycles. The summed E-state index contributed by atoms with van der Waals surface area (Å²) in [5, 5.41) is 11.4. The Labute approximate surface area is 186 Å². The lowest BCUT2D eigenvalue weighted by molar-refractivity contribution is -0.175. The molecule has 2 heterocycles. The first kappa shape index (κ1) is 23.9. The maximum atomic E-state index is 12.4. The van der Waals surface area contributed by atoms with Gasteiger partial charge in [-0.3, -0.25) is 9.47 Å². The predicted octanol–water partition coefficient (Wildman–Crippen LogP) is 4.07. The lowest BCUT2D eigenvalue weighted by Crippen LogP contribution is -2.51. The molecule has 0 radical (unpaired) electrons. The maximum absolute atomic E-state index is 12.4. The van der Waals surface area contributed by atoms with Gasteiger partial charge in [-0.05, 0) is 38.5 Å². The van der Waals surface area contributed by atoms with Crippen LogP contribution in [0.1, 0.15) is 36.7 Å². The fraction of sp³-hybridized carbons (Fsp3) is 0.429. The van der Waals surface area contributed by atoms with Crippen molar-refractivity contribution in [3.05, 3.63) is 50.8 Å². The molecule has 1 aromatic carbocycles. The van der Waals surface area contributed by atoms with Gasteiger partial charge in [0, 0.05) is 23.4 Å². The Kier molecular flexibility index (Phi) is 6.48. The van der Waals surface area contributed by atoms with Crippen molar-refractivity contribution in [2.24, 2.45) is 0 Å².